The van der Waals surface area contributed by atoms with E-state index in [1.165, 1.54) is 66.1 Å². The van der Waals surface area contributed by atoms with Crippen molar-refractivity contribution in [3.63, 3.8) is 0 Å². The molecule has 0 radical (unpaired) electrons. The highest BCUT2D eigenvalue weighted by atomic mass is 35.5. The van der Waals surface area contributed by atoms with Gasteiger partial charge in [-0.05, 0) is 97.7 Å². The smallest absolute Gasteiger partial charge is 0.246 e. The van der Waals surface area contributed by atoms with Crippen molar-refractivity contribution in [2.75, 3.05) is 82.1 Å². The third-order valence-corrected chi connectivity index (χ3v) is 18.5. The van der Waals surface area contributed by atoms with Crippen LogP contribution in [-0.4, -0.2) is 240 Å². The van der Waals surface area contributed by atoms with E-state index >= 15 is 19.2 Å². The van der Waals surface area contributed by atoms with Gasteiger partial charge in [-0.3, -0.25) is 57.5 Å². The Bertz CT molecular complexity index is 3320. The van der Waals surface area contributed by atoms with Crippen LogP contribution in [0, 0.1) is 29.1 Å². The van der Waals surface area contributed by atoms with E-state index in [1.54, 1.807) is 90.7 Å². The van der Waals surface area contributed by atoms with Gasteiger partial charge in [0.1, 0.15) is 48.3 Å². The second-order valence-corrected chi connectivity index (χ2v) is 27.2. The van der Waals surface area contributed by atoms with E-state index in [0.29, 0.717) is 54.1 Å². The van der Waals surface area contributed by atoms with Crippen molar-refractivity contribution < 1.29 is 57.5 Å². The number of carbonyl (C=O) groups excluding carboxylic acids is 12. The van der Waals surface area contributed by atoms with Crippen molar-refractivity contribution in [3.05, 3.63) is 106 Å². The Labute approximate surface area is 576 Å². The molecule has 2 heterocycles. The van der Waals surface area contributed by atoms with Crippen molar-refractivity contribution >= 4 is 82.5 Å². The molecule has 26 heteroatoms. The van der Waals surface area contributed by atoms with Gasteiger partial charge in [-0.1, -0.05) is 114 Å². The van der Waals surface area contributed by atoms with Gasteiger partial charge in [0.15, 0.2) is 0 Å². The van der Waals surface area contributed by atoms with Crippen LogP contribution in [0.4, 0.5) is 0 Å². The molecule has 0 saturated carbocycles. The summed E-state index contributed by atoms with van der Waals surface area (Å²) in [5.74, 6) is -9.46. The Morgan fingerprint density at radius 3 is 1.70 bits per heavy atom. The van der Waals surface area contributed by atoms with Crippen LogP contribution >= 0.6 is 11.6 Å². The number of halogens is 1. The second kappa shape index (κ2) is 37.0. The molecular weight excluding hydrogens is 1260 g/mol. The van der Waals surface area contributed by atoms with Gasteiger partial charge >= 0.3 is 0 Å². The van der Waals surface area contributed by atoms with Crippen molar-refractivity contribution in [2.24, 2.45) is 17.8 Å². The maximum Gasteiger partial charge on any atom is 0.246 e. The average molecular weight is 1360 g/mol. The van der Waals surface area contributed by atoms with Gasteiger partial charge in [-0.15, -0.1) is 0 Å². The number of nitrogens with one attached hydrogen (secondary N) is 4. The Hall–Kier alpha value is -8.92. The number of nitriles is 1. The number of nitrogens with zero attached hydrogens (tertiary/aromatic N) is 9. The molecule has 5 rings (SSSR count). The molecule has 25 nitrogen and oxygen atoms in total. The molecule has 3 aromatic rings. The summed E-state index contributed by atoms with van der Waals surface area (Å²) in [6, 6.07) is 13.3. The summed E-state index contributed by atoms with van der Waals surface area (Å²) in [6.45, 7) is 11.3. The maximum atomic E-state index is 15.5. The zero-order valence-electron chi connectivity index (χ0n) is 58.8. The first-order valence-corrected chi connectivity index (χ1v) is 33.7. The minimum absolute atomic E-state index is 0.0432. The molecule has 2 aliphatic heterocycles. The Morgan fingerprint density at radius 1 is 0.536 bits per heavy atom. The van der Waals surface area contributed by atoms with Gasteiger partial charge in [0.2, 0.25) is 70.9 Å². The maximum absolute atomic E-state index is 15.5. The topological polar surface area (TPSA) is 303 Å². The molecule has 0 bridgehead atoms. The van der Waals surface area contributed by atoms with Crippen LogP contribution in [0.2, 0.25) is 5.02 Å². The number of carbonyl (C=O) groups is 12. The molecule has 9 atom stereocenters. The average Bonchev–Trinajstić information content (AvgIpc) is 0.825. The Morgan fingerprint density at radius 2 is 1.10 bits per heavy atom. The Balaban J connectivity index is 1.64. The predicted octanol–water partition coefficient (Wildman–Crippen LogP) is 3.44. The number of hydrogen-bond acceptors (Lipinski definition) is 13. The Kier molecular flexibility index (Phi) is 30.0. The number of rotatable bonds is 13. The number of piperidine rings is 1. The summed E-state index contributed by atoms with van der Waals surface area (Å²) in [5.41, 5.74) is 1.96. The molecule has 0 aliphatic carbocycles. The molecule has 2 saturated heterocycles. The van der Waals surface area contributed by atoms with Gasteiger partial charge in [0, 0.05) is 86.7 Å². The molecular formula is C71H100ClN13O12. The number of likely N-dealkylation sites (tertiary alicyclic amines) is 1. The third kappa shape index (κ3) is 22.6. The molecule has 0 spiro atoms. The van der Waals surface area contributed by atoms with Gasteiger partial charge in [-0.25, -0.2) is 0 Å². The number of likely N-dealkylation sites (N-methyl/N-ethyl adjacent to an activating group) is 7. The van der Waals surface area contributed by atoms with Crippen LogP contribution in [-0.2, 0) is 76.8 Å². The largest absolute Gasteiger partial charge is 0.342 e. The summed E-state index contributed by atoms with van der Waals surface area (Å²) in [4.78, 5) is 186. The first-order chi connectivity index (χ1) is 45.8. The van der Waals surface area contributed by atoms with E-state index in [4.69, 9.17) is 11.6 Å². The summed E-state index contributed by atoms with van der Waals surface area (Å²) < 4.78 is 0. The normalized spacial score (nSPS) is 23.6. The highest BCUT2D eigenvalue weighted by Crippen LogP contribution is 2.23. The molecule has 3 aromatic carbocycles. The first-order valence-electron chi connectivity index (χ1n) is 33.3. The highest BCUT2D eigenvalue weighted by Gasteiger charge is 2.42. The van der Waals surface area contributed by atoms with E-state index in [-0.39, 0.29) is 49.5 Å². The molecule has 4 N–H and O–H groups in total. The van der Waals surface area contributed by atoms with Crippen LogP contribution < -0.4 is 21.3 Å². The van der Waals surface area contributed by atoms with Gasteiger partial charge in [-0.2, -0.15) is 5.26 Å². The molecule has 2 aliphatic rings. The molecule has 97 heavy (non-hydrogen) atoms. The fraction of sp³-hybridized carbons (Fsp3) is 0.563. The lowest BCUT2D eigenvalue weighted by Gasteiger charge is -2.37. The fourth-order valence-electron chi connectivity index (χ4n) is 11.8. The first kappa shape index (κ1) is 78.8. The molecule has 1 unspecified atom stereocenters. The van der Waals surface area contributed by atoms with Crippen molar-refractivity contribution in [2.45, 2.75) is 161 Å². The quantitative estimate of drug-likeness (QED) is 0.191. The SMILES string of the molecule is CC[C@H](C)[C@@H]1NC(=O)[C@H](C)N(C)C(=O)CC(C(=O)N2CCCCC2)NC(=O)[C@H](CC(C)C)N(C)C(=O)[C@H](Cc2ccccc2)N(C)C(=O)[C@H](CC(C)C)NC(=O)[C@H](Cc2cccc(C#N)c2)NC(=O)CN(C)C(=O)[C@H](Cc2ccc(Cl)cc2)N(C)C(=O)CN(C)C(=O)CN(C)C1=O. The number of benzene rings is 3. The lowest BCUT2D eigenvalue weighted by Crippen LogP contribution is -2.61. The zero-order chi connectivity index (χ0) is 72.1. The summed E-state index contributed by atoms with van der Waals surface area (Å²) in [5, 5.41) is 21.5. The van der Waals surface area contributed by atoms with Gasteiger partial charge in [0.05, 0.1) is 37.7 Å². The number of amides is 12. The minimum Gasteiger partial charge on any atom is -0.342 e. The molecule has 2 fully saturated rings. The van der Waals surface area contributed by atoms with Gasteiger partial charge in [0.25, 0.3) is 0 Å². The monoisotopic (exact) mass is 1360 g/mol. The zero-order valence-corrected chi connectivity index (χ0v) is 59.5. The molecule has 528 valence electrons. The highest BCUT2D eigenvalue weighted by molar-refractivity contribution is 6.30. The predicted molar refractivity (Wildman–Crippen MR) is 366 cm³/mol. The second-order valence-electron chi connectivity index (χ2n) is 26.8. The fourth-order valence-corrected chi connectivity index (χ4v) is 11.9. The summed E-state index contributed by atoms with van der Waals surface area (Å²) >= 11 is 6.23. The summed E-state index contributed by atoms with van der Waals surface area (Å²) in [7, 11) is 9.64. The van der Waals surface area contributed by atoms with Crippen LogP contribution in [0.1, 0.15) is 116 Å². The van der Waals surface area contributed by atoms with Crippen molar-refractivity contribution in [3.8, 4) is 6.07 Å². The third-order valence-electron chi connectivity index (χ3n) is 18.2. The standard InChI is InChI=1S/C71H100ClN13O12/c1-15-46(6)63-71(97)80(10)42-61(88)78(8)43-62(89)82(12)57(38-49-27-29-52(72)30-28-49)69(95)79(9)41-59(86)74-53(36-50-25-22-26-51(35-50)40-73)65(91)75-54(33-44(2)3)67(93)84(14)58(37-48-23-18-16-19-24-48)70(96)83(13)56(34-45(4)5)66(92)76-55(68(94)85-31-20-17-21-32-85)39-60(87)81(11)47(7)64(90)77-63/h16,18-19,22-30,35,44-47,53-58,63H,15,17,20-21,31-34,36-39,41-43H2,1-14H3,(H,74,86)(H,75,91)(H,76,92)(H,77,90)/t46-,47-,53-,54-,55?,56-,57-,58-,63-/m0/s1. The van der Waals surface area contributed by atoms with Gasteiger partial charge < -0.3 is 60.5 Å². The van der Waals surface area contributed by atoms with E-state index in [2.05, 4.69) is 27.3 Å². The number of hydrogen-bond donors (Lipinski definition) is 4. The van der Waals surface area contributed by atoms with Crippen molar-refractivity contribution in [1.82, 2.24) is 60.5 Å². The minimum atomic E-state index is -1.47. The van der Waals surface area contributed by atoms with E-state index in [9.17, 15) is 43.6 Å². The van der Waals surface area contributed by atoms with E-state index < -0.39 is 151 Å². The van der Waals surface area contributed by atoms with Crippen LogP contribution in [0.25, 0.3) is 0 Å². The van der Waals surface area contributed by atoms with E-state index in [0.717, 1.165) is 30.9 Å². The van der Waals surface area contributed by atoms with Crippen LogP contribution in [0.5, 0.6) is 0 Å². The van der Waals surface area contributed by atoms with Crippen LogP contribution in [0.15, 0.2) is 78.9 Å². The van der Waals surface area contributed by atoms with Crippen LogP contribution in [0.3, 0.4) is 0 Å². The van der Waals surface area contributed by atoms with Crippen molar-refractivity contribution in [1.29, 1.82) is 5.26 Å². The van der Waals surface area contributed by atoms with E-state index in [1.807, 2.05) is 34.6 Å². The molecule has 12 amide bonds. The molecule has 0 aromatic heterocycles. The lowest BCUT2D eigenvalue weighted by atomic mass is 9.97. The lowest BCUT2D eigenvalue weighted by molar-refractivity contribution is -0.150. The summed E-state index contributed by atoms with van der Waals surface area (Å²) in [6.07, 6.45) is 1.79.